The van der Waals surface area contributed by atoms with Gasteiger partial charge in [0.2, 0.25) is 0 Å². The Balaban J connectivity index is 1.70. The first kappa shape index (κ1) is 19.3. The molecular formula is C21H18Cl2N2O2. The zero-order chi connectivity index (χ0) is 19.1. The Morgan fingerprint density at radius 1 is 1.15 bits per heavy atom. The second kappa shape index (κ2) is 9.45. The summed E-state index contributed by atoms with van der Waals surface area (Å²) in [5.41, 5.74) is 4.70. The van der Waals surface area contributed by atoms with Crippen molar-refractivity contribution in [2.24, 2.45) is 5.16 Å². The Bertz CT molecular complexity index is 895. The Labute approximate surface area is 168 Å². The van der Waals surface area contributed by atoms with Gasteiger partial charge in [-0.05, 0) is 49.1 Å². The number of nitrogens with zero attached hydrogens (tertiary/aromatic N) is 2. The standard InChI is InChI=1S/C21H18Cl2N2O2/c22-21(23)11-12-26-20-6-2-3-17-18(20)4-1-5-19(17)25-27-14-16-9-7-15(13-24)8-10-16/h2-3,6-11H,1,4-5,12,14H2/b25-19+. The summed E-state index contributed by atoms with van der Waals surface area (Å²) in [5, 5.41) is 13.2. The smallest absolute Gasteiger partial charge is 0.142 e. The number of benzene rings is 2. The van der Waals surface area contributed by atoms with Crippen LogP contribution in [0.5, 0.6) is 5.75 Å². The largest absolute Gasteiger partial charge is 0.489 e. The number of rotatable bonds is 6. The molecule has 2 aromatic rings. The molecule has 0 saturated carbocycles. The fourth-order valence-electron chi connectivity index (χ4n) is 2.95. The van der Waals surface area contributed by atoms with Crippen LogP contribution in [-0.4, -0.2) is 12.3 Å². The quantitative estimate of drug-likeness (QED) is 0.600. The van der Waals surface area contributed by atoms with Crippen LogP contribution in [-0.2, 0) is 17.9 Å². The van der Waals surface area contributed by atoms with Gasteiger partial charge in [-0.1, -0.05) is 52.6 Å². The molecule has 0 amide bonds. The summed E-state index contributed by atoms with van der Waals surface area (Å²) in [7, 11) is 0. The Kier molecular flexibility index (Phi) is 6.75. The number of nitriles is 1. The van der Waals surface area contributed by atoms with Crippen molar-refractivity contribution in [3.8, 4) is 11.8 Å². The number of hydrogen-bond donors (Lipinski definition) is 0. The molecule has 0 heterocycles. The SMILES string of the molecule is N#Cc1ccc(CO/N=C2\CCCc3c(OCC=C(Cl)Cl)cccc32)cc1. The van der Waals surface area contributed by atoms with Gasteiger partial charge in [-0.15, -0.1) is 0 Å². The summed E-state index contributed by atoms with van der Waals surface area (Å²) < 4.78 is 5.98. The van der Waals surface area contributed by atoms with E-state index in [1.54, 1.807) is 18.2 Å². The fraction of sp³-hybridized carbons (Fsp3) is 0.238. The van der Waals surface area contributed by atoms with Gasteiger partial charge in [0.05, 0.1) is 17.3 Å². The molecule has 138 valence electrons. The number of oxime groups is 1. The molecule has 0 radical (unpaired) electrons. The average Bonchev–Trinajstić information content (AvgIpc) is 2.69. The number of halogens is 2. The van der Waals surface area contributed by atoms with Crippen LogP contribution >= 0.6 is 23.2 Å². The third kappa shape index (κ3) is 5.26. The molecule has 0 atom stereocenters. The highest BCUT2D eigenvalue weighted by Crippen LogP contribution is 2.30. The average molecular weight is 401 g/mol. The van der Waals surface area contributed by atoms with E-state index in [1.165, 1.54) is 0 Å². The van der Waals surface area contributed by atoms with Crippen molar-refractivity contribution < 1.29 is 9.57 Å². The van der Waals surface area contributed by atoms with Gasteiger partial charge in [-0.3, -0.25) is 0 Å². The summed E-state index contributed by atoms with van der Waals surface area (Å²) in [4.78, 5) is 5.56. The lowest BCUT2D eigenvalue weighted by Gasteiger charge is -2.20. The Morgan fingerprint density at radius 2 is 1.96 bits per heavy atom. The minimum absolute atomic E-state index is 0.193. The normalized spacial score (nSPS) is 14.2. The molecular weight excluding hydrogens is 383 g/mol. The molecule has 0 bridgehead atoms. The van der Waals surface area contributed by atoms with Gasteiger partial charge in [0.25, 0.3) is 0 Å². The van der Waals surface area contributed by atoms with Crippen LogP contribution in [0.1, 0.15) is 35.1 Å². The van der Waals surface area contributed by atoms with E-state index in [0.29, 0.717) is 18.8 Å². The van der Waals surface area contributed by atoms with Crippen LogP contribution in [0.3, 0.4) is 0 Å². The van der Waals surface area contributed by atoms with Gasteiger partial charge in [-0.25, -0.2) is 0 Å². The van der Waals surface area contributed by atoms with E-state index in [-0.39, 0.29) is 4.49 Å². The molecule has 27 heavy (non-hydrogen) atoms. The van der Waals surface area contributed by atoms with Crippen LogP contribution in [0.2, 0.25) is 0 Å². The van der Waals surface area contributed by atoms with E-state index >= 15 is 0 Å². The highest BCUT2D eigenvalue weighted by Gasteiger charge is 2.19. The van der Waals surface area contributed by atoms with Crippen molar-refractivity contribution >= 4 is 28.9 Å². The Hall–Kier alpha value is -2.48. The maximum atomic E-state index is 8.84. The Morgan fingerprint density at radius 3 is 2.70 bits per heavy atom. The van der Waals surface area contributed by atoms with Crippen LogP contribution in [0.4, 0.5) is 0 Å². The maximum Gasteiger partial charge on any atom is 0.142 e. The van der Waals surface area contributed by atoms with Gasteiger partial charge in [-0.2, -0.15) is 5.26 Å². The van der Waals surface area contributed by atoms with Gasteiger partial charge in [0.1, 0.15) is 23.5 Å². The van der Waals surface area contributed by atoms with E-state index in [4.69, 9.17) is 38.0 Å². The first-order valence-electron chi connectivity index (χ1n) is 8.61. The van der Waals surface area contributed by atoms with Gasteiger partial charge < -0.3 is 9.57 Å². The molecule has 0 unspecified atom stereocenters. The molecule has 0 fully saturated rings. The predicted octanol–water partition coefficient (Wildman–Crippen LogP) is 5.51. The summed E-state index contributed by atoms with van der Waals surface area (Å²) in [6.07, 6.45) is 4.38. The minimum Gasteiger partial charge on any atom is -0.489 e. The summed E-state index contributed by atoms with van der Waals surface area (Å²) in [6, 6.07) is 15.3. The van der Waals surface area contributed by atoms with Crippen LogP contribution in [0, 0.1) is 11.3 Å². The third-order valence-electron chi connectivity index (χ3n) is 4.25. The number of fused-ring (bicyclic) bond motifs is 1. The van der Waals surface area contributed by atoms with Gasteiger partial charge in [0.15, 0.2) is 0 Å². The predicted molar refractivity (Wildman–Crippen MR) is 107 cm³/mol. The first-order valence-corrected chi connectivity index (χ1v) is 9.37. The second-order valence-corrected chi connectivity index (χ2v) is 7.07. The molecule has 2 aromatic carbocycles. The van der Waals surface area contributed by atoms with Crippen LogP contribution in [0.15, 0.2) is 58.2 Å². The van der Waals surface area contributed by atoms with Crippen molar-refractivity contribution in [2.45, 2.75) is 25.9 Å². The van der Waals surface area contributed by atoms with E-state index in [2.05, 4.69) is 11.2 Å². The van der Waals surface area contributed by atoms with Crippen molar-refractivity contribution in [3.05, 3.63) is 75.3 Å². The molecule has 3 rings (SSSR count). The zero-order valence-corrected chi connectivity index (χ0v) is 16.1. The van der Waals surface area contributed by atoms with Crippen LogP contribution < -0.4 is 4.74 Å². The molecule has 6 heteroatoms. The van der Waals surface area contributed by atoms with Crippen molar-refractivity contribution in [2.75, 3.05) is 6.61 Å². The van der Waals surface area contributed by atoms with Gasteiger partial charge in [0, 0.05) is 11.1 Å². The van der Waals surface area contributed by atoms with E-state index in [9.17, 15) is 0 Å². The molecule has 1 aliphatic rings. The van der Waals surface area contributed by atoms with E-state index in [0.717, 1.165) is 47.4 Å². The maximum absolute atomic E-state index is 8.84. The molecule has 0 N–H and O–H groups in total. The fourth-order valence-corrected chi connectivity index (χ4v) is 3.07. The van der Waals surface area contributed by atoms with Crippen LogP contribution in [0.25, 0.3) is 0 Å². The molecule has 0 spiro atoms. The second-order valence-electron chi connectivity index (χ2n) is 6.06. The van der Waals surface area contributed by atoms with E-state index < -0.39 is 0 Å². The highest BCUT2D eigenvalue weighted by atomic mass is 35.5. The zero-order valence-electron chi connectivity index (χ0n) is 14.6. The topological polar surface area (TPSA) is 54.6 Å². The monoisotopic (exact) mass is 400 g/mol. The minimum atomic E-state index is 0.193. The van der Waals surface area contributed by atoms with Crippen molar-refractivity contribution in [1.29, 1.82) is 5.26 Å². The van der Waals surface area contributed by atoms with E-state index in [1.807, 2.05) is 30.3 Å². The summed E-state index contributed by atoms with van der Waals surface area (Å²) in [5.74, 6) is 0.817. The molecule has 4 nitrogen and oxygen atoms in total. The number of hydrogen-bond acceptors (Lipinski definition) is 4. The lowest BCUT2D eigenvalue weighted by molar-refractivity contribution is 0.130. The lowest BCUT2D eigenvalue weighted by atomic mass is 9.89. The number of ether oxygens (including phenoxy) is 1. The third-order valence-corrected chi connectivity index (χ3v) is 4.56. The van der Waals surface area contributed by atoms with Gasteiger partial charge >= 0.3 is 0 Å². The lowest BCUT2D eigenvalue weighted by Crippen LogP contribution is -2.14. The molecule has 1 aliphatic carbocycles. The molecule has 0 aliphatic heterocycles. The first-order chi connectivity index (χ1) is 13.2. The highest BCUT2D eigenvalue weighted by molar-refractivity contribution is 6.55. The summed E-state index contributed by atoms with van der Waals surface area (Å²) >= 11 is 11.3. The van der Waals surface area contributed by atoms with Crippen molar-refractivity contribution in [1.82, 2.24) is 0 Å². The molecule has 0 saturated heterocycles. The molecule has 0 aromatic heterocycles. The van der Waals surface area contributed by atoms with Crippen molar-refractivity contribution in [3.63, 3.8) is 0 Å². The summed E-state index contributed by atoms with van der Waals surface area (Å²) in [6.45, 7) is 0.681.